The van der Waals surface area contributed by atoms with Crippen LogP contribution < -0.4 is 5.32 Å². The van der Waals surface area contributed by atoms with Crippen LogP contribution in [0.25, 0.3) is 22.5 Å². The molecule has 0 bridgehead atoms. The van der Waals surface area contributed by atoms with Crippen LogP contribution in [0.2, 0.25) is 0 Å². The maximum absolute atomic E-state index is 12.9. The van der Waals surface area contributed by atoms with Crippen molar-refractivity contribution in [3.8, 4) is 11.5 Å². The van der Waals surface area contributed by atoms with Gasteiger partial charge in [0, 0.05) is 19.0 Å². The van der Waals surface area contributed by atoms with E-state index in [1.165, 1.54) is 7.11 Å². The molecule has 0 fully saturated rings. The molecule has 8 heteroatoms. The van der Waals surface area contributed by atoms with Gasteiger partial charge in [-0.1, -0.05) is 12.8 Å². The Hall–Kier alpha value is -3.16. The molecule has 8 nitrogen and oxygen atoms in total. The molecule has 0 aliphatic heterocycles. The number of carbonyl (C=O) groups excluding carboxylic acids is 2. The molecule has 3 aromatic heterocycles. The number of nitrogens with zero attached hydrogens (tertiary/aromatic N) is 3. The van der Waals surface area contributed by atoms with E-state index in [1.807, 2.05) is 19.9 Å². The van der Waals surface area contributed by atoms with Crippen molar-refractivity contribution in [1.29, 1.82) is 0 Å². The van der Waals surface area contributed by atoms with E-state index >= 15 is 0 Å². The molecule has 0 unspecified atom stereocenters. The molecule has 0 aliphatic carbocycles. The summed E-state index contributed by atoms with van der Waals surface area (Å²) in [4.78, 5) is 28.7. The monoisotopic (exact) mass is 412 g/mol. The molecule has 3 aromatic rings. The molecule has 0 atom stereocenters. The van der Waals surface area contributed by atoms with E-state index in [1.54, 1.807) is 29.3 Å². The highest BCUT2D eigenvalue weighted by Crippen LogP contribution is 2.26. The Morgan fingerprint density at radius 1 is 1.23 bits per heavy atom. The molecule has 3 rings (SSSR count). The zero-order valence-corrected chi connectivity index (χ0v) is 17.7. The predicted molar refractivity (Wildman–Crippen MR) is 113 cm³/mol. The molecular formula is C22H28N4O4. The highest BCUT2D eigenvalue weighted by Gasteiger charge is 2.19. The summed E-state index contributed by atoms with van der Waals surface area (Å²) >= 11 is 0. The number of rotatable bonds is 10. The summed E-state index contributed by atoms with van der Waals surface area (Å²) in [5.74, 6) is 0.264. The summed E-state index contributed by atoms with van der Waals surface area (Å²) in [6.07, 6.45) is 7.22. The third kappa shape index (κ3) is 5.06. The van der Waals surface area contributed by atoms with Crippen molar-refractivity contribution in [2.24, 2.45) is 0 Å². The van der Waals surface area contributed by atoms with E-state index in [9.17, 15) is 9.59 Å². The van der Waals surface area contributed by atoms with Crippen LogP contribution in [0.15, 0.2) is 35.1 Å². The lowest BCUT2D eigenvalue weighted by atomic mass is 10.1. The fourth-order valence-electron chi connectivity index (χ4n) is 3.28. The smallest absolute Gasteiger partial charge is 0.305 e. The van der Waals surface area contributed by atoms with Gasteiger partial charge in [0.2, 0.25) is 0 Å². The van der Waals surface area contributed by atoms with Crippen LogP contribution >= 0.6 is 0 Å². The Morgan fingerprint density at radius 3 is 2.73 bits per heavy atom. The number of esters is 1. The molecule has 0 aliphatic rings. The van der Waals surface area contributed by atoms with Gasteiger partial charge in [-0.25, -0.2) is 9.67 Å². The van der Waals surface area contributed by atoms with Crippen molar-refractivity contribution in [1.82, 2.24) is 20.1 Å². The first-order chi connectivity index (χ1) is 14.5. The molecule has 0 saturated carbocycles. The van der Waals surface area contributed by atoms with Gasteiger partial charge in [-0.05, 0) is 44.9 Å². The first kappa shape index (κ1) is 21.5. The standard InChI is InChI=1S/C22H28N4O4/c1-15(2)26-21-17(14-24-26)16(13-18(25-21)19-9-8-12-30-19)22(28)23-11-7-5-4-6-10-20(27)29-3/h8-9,12-15H,4-7,10-11H2,1-3H3,(H,23,28). The van der Waals surface area contributed by atoms with Crippen LogP contribution in [0.1, 0.15) is 62.4 Å². The van der Waals surface area contributed by atoms with Gasteiger partial charge < -0.3 is 14.5 Å². The quantitative estimate of drug-likeness (QED) is 0.397. The van der Waals surface area contributed by atoms with Crippen LogP contribution in [0.3, 0.4) is 0 Å². The lowest BCUT2D eigenvalue weighted by molar-refractivity contribution is -0.140. The fourth-order valence-corrected chi connectivity index (χ4v) is 3.28. The van der Waals surface area contributed by atoms with Crippen molar-refractivity contribution >= 4 is 22.9 Å². The van der Waals surface area contributed by atoms with Crippen molar-refractivity contribution in [3.05, 3.63) is 36.2 Å². The molecule has 0 saturated heterocycles. The third-order valence-electron chi connectivity index (χ3n) is 4.90. The second kappa shape index (κ2) is 10.0. The number of ether oxygens (including phenoxy) is 1. The average molecular weight is 412 g/mol. The first-order valence-electron chi connectivity index (χ1n) is 10.3. The Balaban J connectivity index is 1.68. The Bertz CT molecular complexity index is 992. The molecule has 1 N–H and O–H groups in total. The topological polar surface area (TPSA) is 99.2 Å². The zero-order chi connectivity index (χ0) is 21.5. The SMILES string of the molecule is COC(=O)CCCCCCNC(=O)c1cc(-c2ccco2)nc2c1cnn2C(C)C. The highest BCUT2D eigenvalue weighted by molar-refractivity contribution is 6.06. The molecule has 0 radical (unpaired) electrons. The number of nitrogens with one attached hydrogen (secondary N) is 1. The fraction of sp³-hybridized carbons (Fsp3) is 0.455. The number of pyridine rings is 1. The predicted octanol–water partition coefficient (Wildman–Crippen LogP) is 4.13. The van der Waals surface area contributed by atoms with E-state index in [4.69, 9.17) is 4.42 Å². The van der Waals surface area contributed by atoms with E-state index in [2.05, 4.69) is 20.1 Å². The summed E-state index contributed by atoms with van der Waals surface area (Å²) in [6, 6.07) is 5.48. The second-order valence-electron chi connectivity index (χ2n) is 7.45. The lowest BCUT2D eigenvalue weighted by Crippen LogP contribution is -2.24. The minimum atomic E-state index is -0.181. The van der Waals surface area contributed by atoms with E-state index in [-0.39, 0.29) is 17.9 Å². The van der Waals surface area contributed by atoms with Crippen molar-refractivity contribution in [3.63, 3.8) is 0 Å². The second-order valence-corrected chi connectivity index (χ2v) is 7.45. The maximum atomic E-state index is 12.9. The summed E-state index contributed by atoms with van der Waals surface area (Å²) in [7, 11) is 1.40. The minimum Gasteiger partial charge on any atom is -0.469 e. The van der Waals surface area contributed by atoms with Gasteiger partial charge in [0.1, 0.15) is 5.69 Å². The number of fused-ring (bicyclic) bond motifs is 1. The van der Waals surface area contributed by atoms with Gasteiger partial charge in [-0.2, -0.15) is 5.10 Å². The van der Waals surface area contributed by atoms with Crippen LogP contribution in [-0.2, 0) is 9.53 Å². The van der Waals surface area contributed by atoms with Crippen LogP contribution in [0.5, 0.6) is 0 Å². The summed E-state index contributed by atoms with van der Waals surface area (Å²) in [5.41, 5.74) is 1.79. The summed E-state index contributed by atoms with van der Waals surface area (Å²) < 4.78 is 11.9. The van der Waals surface area contributed by atoms with Crippen molar-refractivity contribution < 1.29 is 18.7 Å². The number of hydrogen-bond donors (Lipinski definition) is 1. The number of furan rings is 1. The van der Waals surface area contributed by atoms with Gasteiger partial charge >= 0.3 is 5.97 Å². The zero-order valence-electron chi connectivity index (χ0n) is 17.7. The van der Waals surface area contributed by atoms with Gasteiger partial charge in [0.05, 0.1) is 30.5 Å². The highest BCUT2D eigenvalue weighted by atomic mass is 16.5. The van der Waals surface area contributed by atoms with E-state index in [0.29, 0.717) is 35.6 Å². The largest absolute Gasteiger partial charge is 0.469 e. The summed E-state index contributed by atoms with van der Waals surface area (Å²) in [6.45, 7) is 4.61. The van der Waals surface area contributed by atoms with E-state index < -0.39 is 0 Å². The third-order valence-corrected chi connectivity index (χ3v) is 4.90. The Morgan fingerprint density at radius 2 is 2.03 bits per heavy atom. The van der Waals surface area contributed by atoms with E-state index in [0.717, 1.165) is 31.1 Å². The lowest BCUT2D eigenvalue weighted by Gasteiger charge is -2.10. The molecule has 3 heterocycles. The Kier molecular flexibility index (Phi) is 7.21. The van der Waals surface area contributed by atoms with Gasteiger partial charge in [-0.15, -0.1) is 0 Å². The number of amides is 1. The number of methoxy groups -OCH3 is 1. The molecule has 30 heavy (non-hydrogen) atoms. The first-order valence-corrected chi connectivity index (χ1v) is 10.3. The van der Waals surface area contributed by atoms with Crippen LogP contribution in [0.4, 0.5) is 0 Å². The van der Waals surface area contributed by atoms with Gasteiger partial charge in [0.25, 0.3) is 5.91 Å². The minimum absolute atomic E-state index is 0.114. The number of aromatic nitrogens is 3. The van der Waals surface area contributed by atoms with Crippen molar-refractivity contribution in [2.75, 3.05) is 13.7 Å². The number of hydrogen-bond acceptors (Lipinski definition) is 6. The molecule has 1 amide bonds. The maximum Gasteiger partial charge on any atom is 0.305 e. The van der Waals surface area contributed by atoms with Crippen LogP contribution in [-0.4, -0.2) is 40.3 Å². The molecule has 160 valence electrons. The van der Waals surface area contributed by atoms with Crippen LogP contribution in [0, 0.1) is 0 Å². The summed E-state index contributed by atoms with van der Waals surface area (Å²) in [5, 5.41) is 8.12. The number of carbonyl (C=O) groups is 2. The molecule has 0 aromatic carbocycles. The van der Waals surface area contributed by atoms with Gasteiger partial charge in [0.15, 0.2) is 11.4 Å². The normalized spacial score (nSPS) is 11.2. The molecule has 0 spiro atoms. The van der Waals surface area contributed by atoms with Gasteiger partial charge in [-0.3, -0.25) is 9.59 Å². The van der Waals surface area contributed by atoms with Crippen molar-refractivity contribution in [2.45, 2.75) is 52.0 Å². The number of unbranched alkanes of at least 4 members (excludes halogenated alkanes) is 3. The molecular weight excluding hydrogens is 384 g/mol. The average Bonchev–Trinajstić information content (AvgIpc) is 3.41. The Labute approximate surface area is 175 Å².